The van der Waals surface area contributed by atoms with Gasteiger partial charge in [0.05, 0.1) is 0 Å². The van der Waals surface area contributed by atoms with Crippen molar-refractivity contribution in [3.05, 3.63) is 101 Å². The number of ether oxygens (including phenoxy) is 3. The standard InChI is InChI=1S/C12H16F3O3.3C6H5.Sn/c1-8-3-6-18-11(12(13,14)15)9(8)7-17-10(11)4-5-16-2;3*1-2-4-6-5-3-1;/h1,9-10H,3-7H2,2H3;3*1-5H;/t9-,10-,11+;;;;/m1..../s1. The van der Waals surface area contributed by atoms with Gasteiger partial charge in [0.25, 0.3) is 0 Å². The molecule has 3 atom stereocenters. The van der Waals surface area contributed by atoms with Gasteiger partial charge in [-0.2, -0.15) is 0 Å². The summed E-state index contributed by atoms with van der Waals surface area (Å²) >= 11 is -3.94. The summed E-state index contributed by atoms with van der Waals surface area (Å²) < 4.78 is 67.2. The number of hydrogen-bond acceptors (Lipinski definition) is 3. The summed E-state index contributed by atoms with van der Waals surface area (Å²) in [6.45, 7) is 0.174. The van der Waals surface area contributed by atoms with Gasteiger partial charge in [-0.15, -0.1) is 0 Å². The van der Waals surface area contributed by atoms with E-state index in [1.807, 2.05) is 54.6 Å². The van der Waals surface area contributed by atoms with E-state index in [0.29, 0.717) is 6.42 Å². The van der Waals surface area contributed by atoms with Crippen molar-refractivity contribution in [2.75, 3.05) is 26.9 Å². The average molecular weight is 615 g/mol. The van der Waals surface area contributed by atoms with Gasteiger partial charge in [0.1, 0.15) is 0 Å². The molecule has 3 aromatic carbocycles. The van der Waals surface area contributed by atoms with E-state index in [9.17, 15) is 13.2 Å². The van der Waals surface area contributed by atoms with Crippen LogP contribution in [0.5, 0.6) is 0 Å². The molecule has 0 saturated carbocycles. The number of benzene rings is 3. The molecular formula is C30H31F3O3Sn. The van der Waals surface area contributed by atoms with E-state index in [1.165, 1.54) is 17.8 Å². The third-order valence-corrected chi connectivity index (χ3v) is 20.7. The summed E-state index contributed by atoms with van der Waals surface area (Å²) in [6.07, 6.45) is -5.09. The van der Waals surface area contributed by atoms with Crippen molar-refractivity contribution in [3.8, 4) is 0 Å². The SMILES string of the molecule is COCC[C@H]1OC[C@@H]2/C(=[CH]/[Sn]([c]3ccccc3)([c]3ccccc3)[c]3ccccc3)CCO[C@@]21C(F)(F)F. The van der Waals surface area contributed by atoms with Gasteiger partial charge in [-0.05, 0) is 0 Å². The molecule has 37 heavy (non-hydrogen) atoms. The van der Waals surface area contributed by atoms with Gasteiger partial charge >= 0.3 is 221 Å². The Balaban J connectivity index is 1.74. The fraction of sp³-hybridized carbons (Fsp3) is 0.333. The van der Waals surface area contributed by atoms with Crippen LogP contribution in [0.15, 0.2) is 101 Å². The molecule has 3 aromatic rings. The molecule has 0 bridgehead atoms. The predicted octanol–water partition coefficient (Wildman–Crippen LogP) is 4.40. The third kappa shape index (κ3) is 4.67. The molecule has 5 rings (SSSR count). The first-order chi connectivity index (χ1) is 17.9. The van der Waals surface area contributed by atoms with E-state index in [0.717, 1.165) is 5.57 Å². The second-order valence-electron chi connectivity index (χ2n) is 9.67. The molecule has 3 nitrogen and oxygen atoms in total. The molecule has 0 aromatic heterocycles. The van der Waals surface area contributed by atoms with E-state index in [1.54, 1.807) is 0 Å². The molecule has 2 aliphatic rings. The van der Waals surface area contributed by atoms with Crippen molar-refractivity contribution in [1.82, 2.24) is 0 Å². The van der Waals surface area contributed by atoms with Crippen LogP contribution in [0.4, 0.5) is 13.2 Å². The van der Waals surface area contributed by atoms with E-state index in [-0.39, 0.29) is 26.2 Å². The Hall–Kier alpha value is -2.13. The minimum absolute atomic E-state index is 0.00893. The van der Waals surface area contributed by atoms with Crippen molar-refractivity contribution < 1.29 is 27.4 Å². The van der Waals surface area contributed by atoms with Crippen molar-refractivity contribution >= 4 is 29.1 Å². The molecule has 0 spiro atoms. The quantitative estimate of drug-likeness (QED) is 0.370. The Morgan fingerprint density at radius 3 is 1.86 bits per heavy atom. The minimum atomic E-state index is -4.57. The van der Waals surface area contributed by atoms with Crippen LogP contribution < -0.4 is 10.7 Å². The molecule has 7 heteroatoms. The van der Waals surface area contributed by atoms with Gasteiger partial charge in [-0.1, -0.05) is 0 Å². The molecule has 2 heterocycles. The second-order valence-corrected chi connectivity index (χ2v) is 20.1. The van der Waals surface area contributed by atoms with Crippen LogP contribution >= 0.6 is 0 Å². The number of rotatable bonds is 7. The molecule has 0 N–H and O–H groups in total. The van der Waals surface area contributed by atoms with Crippen LogP contribution in [-0.2, 0) is 14.2 Å². The van der Waals surface area contributed by atoms with Gasteiger partial charge in [-0.25, -0.2) is 0 Å². The van der Waals surface area contributed by atoms with Crippen LogP contribution in [0.2, 0.25) is 0 Å². The van der Waals surface area contributed by atoms with Gasteiger partial charge in [0, 0.05) is 0 Å². The van der Waals surface area contributed by atoms with Gasteiger partial charge in [-0.3, -0.25) is 0 Å². The van der Waals surface area contributed by atoms with E-state index in [4.69, 9.17) is 14.2 Å². The van der Waals surface area contributed by atoms with Crippen LogP contribution in [0.1, 0.15) is 12.8 Å². The molecule has 2 aliphatic heterocycles. The number of alkyl halides is 3. The molecule has 0 amide bonds. The Morgan fingerprint density at radius 2 is 1.41 bits per heavy atom. The van der Waals surface area contributed by atoms with Crippen LogP contribution in [0.25, 0.3) is 0 Å². The predicted molar refractivity (Wildman–Crippen MR) is 141 cm³/mol. The Bertz CT molecular complexity index is 1100. The average Bonchev–Trinajstić information content (AvgIpc) is 3.33. The van der Waals surface area contributed by atoms with E-state index >= 15 is 0 Å². The van der Waals surface area contributed by atoms with Gasteiger partial charge in [0.15, 0.2) is 0 Å². The van der Waals surface area contributed by atoms with Crippen molar-refractivity contribution in [2.45, 2.75) is 30.7 Å². The summed E-state index contributed by atoms with van der Waals surface area (Å²) in [6, 6.07) is 30.9. The Labute approximate surface area is 220 Å². The molecule has 0 unspecified atom stereocenters. The van der Waals surface area contributed by atoms with Crippen molar-refractivity contribution in [1.29, 1.82) is 0 Å². The number of halogens is 3. The maximum atomic E-state index is 14.9. The summed E-state index contributed by atoms with van der Waals surface area (Å²) in [5.74, 6) is -0.893. The fourth-order valence-electron chi connectivity index (χ4n) is 6.06. The zero-order chi connectivity index (χ0) is 25.9. The first kappa shape index (κ1) is 26.5. The summed E-state index contributed by atoms with van der Waals surface area (Å²) in [7, 11) is 1.49. The molecule has 194 valence electrons. The number of methoxy groups -OCH3 is 1. The maximum absolute atomic E-state index is 14.9. The zero-order valence-corrected chi connectivity index (χ0v) is 23.6. The molecular weight excluding hydrogens is 584 g/mol. The summed E-state index contributed by atoms with van der Waals surface area (Å²) in [5.41, 5.74) is -1.56. The van der Waals surface area contributed by atoms with Crippen LogP contribution in [0, 0.1) is 5.92 Å². The normalized spacial score (nSPS) is 25.2. The summed E-state index contributed by atoms with van der Waals surface area (Å²) in [5, 5.41) is 0. The zero-order valence-electron chi connectivity index (χ0n) is 20.8. The monoisotopic (exact) mass is 616 g/mol. The summed E-state index contributed by atoms with van der Waals surface area (Å²) in [4.78, 5) is 0. The Morgan fingerprint density at radius 1 is 0.892 bits per heavy atom. The topological polar surface area (TPSA) is 27.7 Å². The molecule has 0 aliphatic carbocycles. The Kier molecular flexibility index (Phi) is 7.82. The van der Waals surface area contributed by atoms with Crippen LogP contribution in [-0.4, -0.2) is 63.2 Å². The van der Waals surface area contributed by atoms with Gasteiger partial charge in [0.2, 0.25) is 0 Å². The number of fused-ring (bicyclic) bond motifs is 1. The molecule has 2 saturated heterocycles. The van der Waals surface area contributed by atoms with E-state index in [2.05, 4.69) is 40.5 Å². The second kappa shape index (κ2) is 10.9. The third-order valence-electron chi connectivity index (χ3n) is 7.76. The van der Waals surface area contributed by atoms with E-state index < -0.39 is 42.2 Å². The van der Waals surface area contributed by atoms with Gasteiger partial charge < -0.3 is 0 Å². The first-order valence-corrected chi connectivity index (χ1v) is 18.6. The van der Waals surface area contributed by atoms with Crippen molar-refractivity contribution in [3.63, 3.8) is 0 Å². The van der Waals surface area contributed by atoms with Crippen molar-refractivity contribution in [2.24, 2.45) is 5.92 Å². The number of hydrogen-bond donors (Lipinski definition) is 0. The van der Waals surface area contributed by atoms with Crippen LogP contribution in [0.3, 0.4) is 0 Å². The molecule has 0 radical (unpaired) electrons. The fourth-order valence-corrected chi connectivity index (χ4v) is 19.1. The molecule has 2 fully saturated rings. The first-order valence-electron chi connectivity index (χ1n) is 12.6.